The number of nitrogens with one attached hydrogen (secondary N) is 2. The van der Waals surface area contributed by atoms with E-state index in [1.54, 1.807) is 12.1 Å². The van der Waals surface area contributed by atoms with Crippen LogP contribution in [0, 0.1) is 0 Å². The van der Waals surface area contributed by atoms with Crippen molar-refractivity contribution < 1.29 is 9.90 Å². The maximum atomic E-state index is 11.1. The molecule has 2 aromatic carbocycles. The highest BCUT2D eigenvalue weighted by Crippen LogP contribution is 2.27. The number of carboxylic acids is 1. The maximum absolute atomic E-state index is 11.1. The van der Waals surface area contributed by atoms with Crippen molar-refractivity contribution in [1.29, 1.82) is 0 Å². The SMILES string of the molecule is O=C(O)c1ccc(NC(=S)N2CCN(c3cccc4[nH]ccc34)CC2)cc1Cl. The normalized spacial score (nSPS) is 14.3. The molecule has 6 nitrogen and oxygen atoms in total. The van der Waals surface area contributed by atoms with Crippen LogP contribution in [0.5, 0.6) is 0 Å². The summed E-state index contributed by atoms with van der Waals surface area (Å²) in [5.74, 6) is -1.05. The van der Waals surface area contributed by atoms with Crippen LogP contribution in [-0.4, -0.2) is 52.3 Å². The predicted octanol–water partition coefficient (Wildman–Crippen LogP) is 4.04. The lowest BCUT2D eigenvalue weighted by Crippen LogP contribution is -2.50. The van der Waals surface area contributed by atoms with Crippen molar-refractivity contribution >= 4 is 57.2 Å². The Morgan fingerprint density at radius 1 is 1.14 bits per heavy atom. The zero-order valence-electron chi connectivity index (χ0n) is 15.0. The quantitative estimate of drug-likeness (QED) is 0.562. The molecule has 1 aliphatic heterocycles. The first-order chi connectivity index (χ1) is 13.5. The highest BCUT2D eigenvalue weighted by atomic mass is 35.5. The molecule has 3 N–H and O–H groups in total. The van der Waals surface area contributed by atoms with Gasteiger partial charge in [0.1, 0.15) is 0 Å². The number of thiocarbonyl (C=S) groups is 1. The second-order valence-corrected chi connectivity index (χ2v) is 7.41. The number of H-pyrrole nitrogens is 1. The van der Waals surface area contributed by atoms with Crippen LogP contribution in [0.4, 0.5) is 11.4 Å². The van der Waals surface area contributed by atoms with Gasteiger partial charge < -0.3 is 25.2 Å². The van der Waals surface area contributed by atoms with Crippen LogP contribution in [0.25, 0.3) is 10.9 Å². The number of carboxylic acid groups (broad SMARTS) is 1. The number of hydrogen-bond acceptors (Lipinski definition) is 3. The Balaban J connectivity index is 1.40. The molecule has 0 spiro atoms. The lowest BCUT2D eigenvalue weighted by Gasteiger charge is -2.37. The van der Waals surface area contributed by atoms with Crippen LogP contribution in [0.1, 0.15) is 10.4 Å². The van der Waals surface area contributed by atoms with Crippen molar-refractivity contribution in [2.75, 3.05) is 36.4 Å². The van der Waals surface area contributed by atoms with Gasteiger partial charge in [-0.1, -0.05) is 17.7 Å². The van der Waals surface area contributed by atoms with Gasteiger partial charge in [-0.2, -0.15) is 0 Å². The second kappa shape index (κ2) is 7.69. The molecule has 8 heteroatoms. The molecule has 0 saturated carbocycles. The van der Waals surface area contributed by atoms with Gasteiger partial charge in [0.2, 0.25) is 0 Å². The van der Waals surface area contributed by atoms with Gasteiger partial charge in [-0.25, -0.2) is 4.79 Å². The summed E-state index contributed by atoms with van der Waals surface area (Å²) >= 11 is 11.6. The third-order valence-electron chi connectivity index (χ3n) is 4.93. The zero-order chi connectivity index (χ0) is 19.7. The number of aromatic nitrogens is 1. The minimum absolute atomic E-state index is 0.0747. The molecule has 1 saturated heterocycles. The van der Waals surface area contributed by atoms with Crippen molar-refractivity contribution in [2.24, 2.45) is 0 Å². The molecular formula is C20H19ClN4O2S. The van der Waals surface area contributed by atoms with E-state index in [2.05, 4.69) is 44.4 Å². The van der Waals surface area contributed by atoms with E-state index in [0.29, 0.717) is 10.8 Å². The molecule has 0 bridgehead atoms. The van der Waals surface area contributed by atoms with Crippen LogP contribution < -0.4 is 10.2 Å². The summed E-state index contributed by atoms with van der Waals surface area (Å²) in [5.41, 5.74) is 3.12. The van der Waals surface area contributed by atoms with Crippen LogP contribution in [0.3, 0.4) is 0 Å². The first-order valence-corrected chi connectivity index (χ1v) is 9.71. The fourth-order valence-electron chi connectivity index (χ4n) is 3.46. The molecule has 3 aromatic rings. The summed E-state index contributed by atoms with van der Waals surface area (Å²) in [6, 6.07) is 13.1. The average molecular weight is 415 g/mol. The Morgan fingerprint density at radius 3 is 2.64 bits per heavy atom. The van der Waals surface area contributed by atoms with Crippen LogP contribution in [0.15, 0.2) is 48.7 Å². The number of nitrogens with zero attached hydrogens (tertiary/aromatic N) is 2. The number of aromatic amines is 1. The van der Waals surface area contributed by atoms with Crippen LogP contribution >= 0.6 is 23.8 Å². The third-order valence-corrected chi connectivity index (χ3v) is 5.60. The number of rotatable bonds is 3. The Bertz CT molecular complexity index is 1040. The van der Waals surface area contributed by atoms with Crippen LogP contribution in [0.2, 0.25) is 5.02 Å². The highest BCUT2D eigenvalue weighted by molar-refractivity contribution is 7.80. The number of carbonyl (C=O) groups is 1. The lowest BCUT2D eigenvalue weighted by atomic mass is 10.2. The van der Waals surface area contributed by atoms with Crippen molar-refractivity contribution in [3.63, 3.8) is 0 Å². The van der Waals surface area contributed by atoms with E-state index in [4.69, 9.17) is 28.9 Å². The van der Waals surface area contributed by atoms with Gasteiger partial charge in [0, 0.05) is 54.7 Å². The highest BCUT2D eigenvalue weighted by Gasteiger charge is 2.21. The van der Waals surface area contributed by atoms with E-state index >= 15 is 0 Å². The van der Waals surface area contributed by atoms with Gasteiger partial charge in [0.15, 0.2) is 5.11 Å². The summed E-state index contributed by atoms with van der Waals surface area (Å²) in [4.78, 5) is 18.8. The number of fused-ring (bicyclic) bond motifs is 1. The third kappa shape index (κ3) is 3.63. The molecule has 2 heterocycles. The Labute approximate surface area is 172 Å². The van der Waals surface area contributed by atoms with E-state index in [-0.39, 0.29) is 10.6 Å². The Hall–Kier alpha value is -2.77. The van der Waals surface area contributed by atoms with Gasteiger partial charge in [0.05, 0.1) is 10.6 Å². The molecular weight excluding hydrogens is 396 g/mol. The number of hydrogen-bond donors (Lipinski definition) is 3. The topological polar surface area (TPSA) is 71.6 Å². The summed E-state index contributed by atoms with van der Waals surface area (Å²) in [6.45, 7) is 3.33. The Morgan fingerprint density at radius 2 is 1.93 bits per heavy atom. The fourth-order valence-corrected chi connectivity index (χ4v) is 4.03. The minimum atomic E-state index is -1.05. The number of benzene rings is 2. The summed E-state index contributed by atoms with van der Waals surface area (Å²) < 4.78 is 0. The average Bonchev–Trinajstić information content (AvgIpc) is 3.17. The zero-order valence-corrected chi connectivity index (χ0v) is 16.6. The monoisotopic (exact) mass is 414 g/mol. The number of halogens is 1. The molecule has 1 fully saturated rings. The molecule has 144 valence electrons. The predicted molar refractivity (Wildman–Crippen MR) is 117 cm³/mol. The number of aromatic carboxylic acids is 1. The van der Waals surface area contributed by atoms with Gasteiger partial charge in [0.25, 0.3) is 0 Å². The Kier molecular flexibility index (Phi) is 5.11. The molecule has 4 rings (SSSR count). The molecule has 0 atom stereocenters. The first-order valence-electron chi connectivity index (χ1n) is 8.93. The standard InChI is InChI=1S/C20H19ClN4O2S/c21-16-12-13(4-5-14(16)19(26)27)23-20(28)25-10-8-24(9-11-25)18-3-1-2-17-15(18)6-7-22-17/h1-7,12,22H,8-11H2,(H,23,28)(H,26,27). The molecule has 0 amide bonds. The van der Waals surface area contributed by atoms with Gasteiger partial charge in [-0.15, -0.1) is 0 Å². The first kappa shape index (κ1) is 18.6. The molecule has 28 heavy (non-hydrogen) atoms. The molecule has 0 radical (unpaired) electrons. The maximum Gasteiger partial charge on any atom is 0.337 e. The molecule has 1 aromatic heterocycles. The fraction of sp³-hybridized carbons (Fsp3) is 0.200. The number of anilines is 2. The summed E-state index contributed by atoms with van der Waals surface area (Å²) in [7, 11) is 0. The molecule has 0 unspecified atom stereocenters. The van der Waals surface area contributed by atoms with Gasteiger partial charge in [-0.3, -0.25) is 0 Å². The summed E-state index contributed by atoms with van der Waals surface area (Å²) in [6.07, 6.45) is 1.96. The van der Waals surface area contributed by atoms with Crippen molar-refractivity contribution in [3.8, 4) is 0 Å². The summed E-state index contributed by atoms with van der Waals surface area (Å²) in [5, 5.41) is 14.2. The molecule has 1 aliphatic rings. The molecule has 0 aliphatic carbocycles. The van der Waals surface area contributed by atoms with E-state index < -0.39 is 5.97 Å². The van der Waals surface area contributed by atoms with Crippen LogP contribution in [-0.2, 0) is 0 Å². The second-order valence-electron chi connectivity index (χ2n) is 6.62. The number of piperazine rings is 1. The van der Waals surface area contributed by atoms with E-state index in [0.717, 1.165) is 31.7 Å². The van der Waals surface area contributed by atoms with Crippen molar-refractivity contribution in [3.05, 3.63) is 59.2 Å². The lowest BCUT2D eigenvalue weighted by molar-refractivity contribution is 0.0697. The largest absolute Gasteiger partial charge is 0.478 e. The van der Waals surface area contributed by atoms with Gasteiger partial charge in [-0.05, 0) is 48.6 Å². The van der Waals surface area contributed by atoms with Crippen molar-refractivity contribution in [1.82, 2.24) is 9.88 Å². The van der Waals surface area contributed by atoms with Crippen molar-refractivity contribution in [2.45, 2.75) is 0 Å². The minimum Gasteiger partial charge on any atom is -0.478 e. The van der Waals surface area contributed by atoms with E-state index in [1.165, 1.54) is 17.1 Å². The van der Waals surface area contributed by atoms with Gasteiger partial charge >= 0.3 is 5.97 Å². The van der Waals surface area contributed by atoms with E-state index in [1.807, 2.05) is 6.20 Å². The smallest absolute Gasteiger partial charge is 0.337 e. The van der Waals surface area contributed by atoms with E-state index in [9.17, 15) is 4.79 Å².